The van der Waals surface area contributed by atoms with Gasteiger partial charge in [0.1, 0.15) is 5.82 Å². The van der Waals surface area contributed by atoms with Gasteiger partial charge in [0.15, 0.2) is 11.2 Å². The number of piperidine rings is 1. The second kappa shape index (κ2) is 9.67. The smallest absolute Gasteiger partial charge is 0.321 e. The maximum atomic E-state index is 12.6. The maximum absolute atomic E-state index is 12.6. The zero-order chi connectivity index (χ0) is 22.0. The van der Waals surface area contributed by atoms with Crippen molar-refractivity contribution in [2.75, 3.05) is 46.3 Å². The molecule has 2 aromatic rings. The molecule has 4 rings (SSSR count). The average Bonchev–Trinajstić information content (AvgIpc) is 3.12. The van der Waals surface area contributed by atoms with Crippen LogP contribution in [0.15, 0.2) is 9.59 Å². The van der Waals surface area contributed by atoms with Crippen LogP contribution in [0.3, 0.4) is 0 Å². The van der Waals surface area contributed by atoms with E-state index in [2.05, 4.69) is 33.7 Å². The molecule has 0 amide bonds. The molecule has 1 unspecified atom stereocenters. The number of aromatic nitrogens is 4. The number of likely N-dealkylation sites (tertiary alicyclic amines) is 1. The summed E-state index contributed by atoms with van der Waals surface area (Å²) < 4.78 is 3.62. The average molecular weight is 432 g/mol. The lowest BCUT2D eigenvalue weighted by Crippen LogP contribution is -2.54. The molecule has 9 nitrogen and oxygen atoms in total. The summed E-state index contributed by atoms with van der Waals surface area (Å²) in [6, 6.07) is 0.674. The van der Waals surface area contributed by atoms with Gasteiger partial charge in [-0.25, -0.2) is 9.78 Å². The predicted octanol–water partition coefficient (Wildman–Crippen LogP) is 0.918. The number of piperazine rings is 1. The number of imidazole rings is 1. The van der Waals surface area contributed by atoms with E-state index >= 15 is 0 Å². The second-order valence-electron chi connectivity index (χ2n) is 9.08. The van der Waals surface area contributed by atoms with E-state index in [1.165, 1.54) is 25.9 Å². The quantitative estimate of drug-likeness (QED) is 0.702. The lowest BCUT2D eigenvalue weighted by molar-refractivity contribution is 0.0556. The molecule has 31 heavy (non-hydrogen) atoms. The highest BCUT2D eigenvalue weighted by Crippen LogP contribution is 2.19. The number of unbranched alkanes of at least 4 members (excludes halogenated alkanes) is 1. The minimum Gasteiger partial charge on any atom is -0.321 e. The summed E-state index contributed by atoms with van der Waals surface area (Å²) in [5.74, 6) is 0.879. The Kier molecular flexibility index (Phi) is 6.93. The Morgan fingerprint density at radius 2 is 1.84 bits per heavy atom. The molecule has 2 aliphatic heterocycles. The third-order valence-electron chi connectivity index (χ3n) is 6.90. The normalized spacial score (nSPS) is 21.8. The van der Waals surface area contributed by atoms with Gasteiger partial charge in [-0.05, 0) is 39.8 Å². The number of likely N-dealkylation sites (N-methyl/N-ethyl adjacent to an activating group) is 1. The van der Waals surface area contributed by atoms with Gasteiger partial charge in [-0.1, -0.05) is 13.3 Å². The molecule has 172 valence electrons. The Morgan fingerprint density at radius 3 is 2.52 bits per heavy atom. The predicted molar refractivity (Wildman–Crippen MR) is 123 cm³/mol. The van der Waals surface area contributed by atoms with Gasteiger partial charge in [-0.3, -0.25) is 24.1 Å². The van der Waals surface area contributed by atoms with Gasteiger partial charge in [0.2, 0.25) is 0 Å². The van der Waals surface area contributed by atoms with Crippen LogP contribution in [0.4, 0.5) is 0 Å². The first-order valence-corrected chi connectivity index (χ1v) is 11.9. The van der Waals surface area contributed by atoms with Gasteiger partial charge in [0, 0.05) is 51.9 Å². The minimum atomic E-state index is -0.357. The topological polar surface area (TPSA) is 82.4 Å². The first kappa shape index (κ1) is 22.2. The maximum Gasteiger partial charge on any atom is 0.330 e. The number of nitrogens with zero attached hydrogens (tertiary/aromatic N) is 6. The third-order valence-corrected chi connectivity index (χ3v) is 6.90. The van der Waals surface area contributed by atoms with Crippen LogP contribution >= 0.6 is 0 Å². The Hall–Kier alpha value is -1.97. The number of hydrogen-bond donors (Lipinski definition) is 1. The van der Waals surface area contributed by atoms with Crippen molar-refractivity contribution in [1.29, 1.82) is 0 Å². The van der Waals surface area contributed by atoms with E-state index in [0.29, 0.717) is 36.8 Å². The third kappa shape index (κ3) is 4.63. The molecule has 0 aliphatic carbocycles. The summed E-state index contributed by atoms with van der Waals surface area (Å²) in [4.78, 5) is 39.8. The molecule has 9 heteroatoms. The Morgan fingerprint density at radius 1 is 1.06 bits per heavy atom. The summed E-state index contributed by atoms with van der Waals surface area (Å²) in [7, 11) is 2.22. The van der Waals surface area contributed by atoms with Gasteiger partial charge >= 0.3 is 5.69 Å². The van der Waals surface area contributed by atoms with Crippen molar-refractivity contribution in [3.63, 3.8) is 0 Å². The van der Waals surface area contributed by atoms with Crippen LogP contribution in [0.25, 0.3) is 11.2 Å². The zero-order valence-electron chi connectivity index (χ0n) is 19.3. The van der Waals surface area contributed by atoms with Crippen molar-refractivity contribution < 1.29 is 0 Å². The van der Waals surface area contributed by atoms with Crippen LogP contribution in [0.5, 0.6) is 0 Å². The molecular formula is C22H37N7O2. The van der Waals surface area contributed by atoms with E-state index in [-0.39, 0.29) is 11.2 Å². The van der Waals surface area contributed by atoms with Crippen molar-refractivity contribution >= 4 is 11.2 Å². The highest BCUT2D eigenvalue weighted by atomic mass is 16.2. The van der Waals surface area contributed by atoms with E-state index in [9.17, 15) is 9.59 Å². The molecular weight excluding hydrogens is 394 g/mol. The SMILES string of the molecule is CCCCn1c(=O)[nH]c(=O)c2c1nc(CN1CCN(C3CCCN(C)C3)CC1)n2CC. The number of nitrogens with one attached hydrogen (secondary N) is 1. The second-order valence-corrected chi connectivity index (χ2v) is 9.08. The van der Waals surface area contributed by atoms with Gasteiger partial charge in [-0.15, -0.1) is 0 Å². The van der Waals surface area contributed by atoms with Gasteiger partial charge in [0.05, 0.1) is 6.54 Å². The van der Waals surface area contributed by atoms with E-state index in [4.69, 9.17) is 4.98 Å². The van der Waals surface area contributed by atoms with Crippen molar-refractivity contribution in [2.45, 2.75) is 65.2 Å². The molecule has 2 fully saturated rings. The van der Waals surface area contributed by atoms with Crippen molar-refractivity contribution in [2.24, 2.45) is 0 Å². The summed E-state index contributed by atoms with van der Waals surface area (Å²) in [5, 5.41) is 0. The molecule has 2 aliphatic rings. The molecule has 0 bridgehead atoms. The fraction of sp³-hybridized carbons (Fsp3) is 0.773. The molecule has 2 saturated heterocycles. The molecule has 1 atom stereocenters. The van der Waals surface area contributed by atoms with Crippen molar-refractivity contribution in [3.8, 4) is 0 Å². The summed E-state index contributed by atoms with van der Waals surface area (Å²) in [5.41, 5.74) is 0.365. The van der Waals surface area contributed by atoms with Crippen LogP contribution in [0.1, 0.15) is 45.4 Å². The van der Waals surface area contributed by atoms with Crippen LogP contribution < -0.4 is 11.2 Å². The standard InChI is InChI=1S/C22H37N7O2/c1-4-6-10-29-20-19(21(30)24-22(29)31)28(5-2)18(23-20)16-26-11-13-27(14-12-26)17-8-7-9-25(3)15-17/h17H,4-16H2,1-3H3,(H,24,30,31). The van der Waals surface area contributed by atoms with E-state index in [1.807, 2.05) is 11.5 Å². The minimum absolute atomic E-state index is 0.334. The fourth-order valence-corrected chi connectivity index (χ4v) is 5.13. The Labute approximate surface area is 183 Å². The molecule has 0 saturated carbocycles. The number of fused-ring (bicyclic) bond motifs is 1. The molecule has 0 radical (unpaired) electrons. The molecule has 4 heterocycles. The number of hydrogen-bond acceptors (Lipinski definition) is 6. The first-order valence-electron chi connectivity index (χ1n) is 11.9. The van der Waals surface area contributed by atoms with Crippen LogP contribution in [0, 0.1) is 0 Å². The van der Waals surface area contributed by atoms with Crippen molar-refractivity contribution in [1.82, 2.24) is 33.8 Å². The van der Waals surface area contributed by atoms with Crippen LogP contribution in [-0.4, -0.2) is 86.2 Å². The van der Waals surface area contributed by atoms with Gasteiger partial charge < -0.3 is 9.47 Å². The number of rotatable bonds is 7. The Bertz CT molecular complexity index is 1000. The highest BCUT2D eigenvalue weighted by Gasteiger charge is 2.28. The number of aromatic amines is 1. The lowest BCUT2D eigenvalue weighted by atomic mass is 10.0. The van der Waals surface area contributed by atoms with E-state index in [1.54, 1.807) is 4.57 Å². The first-order chi connectivity index (χ1) is 15.0. The summed E-state index contributed by atoms with van der Waals surface area (Å²) >= 11 is 0. The molecule has 0 aromatic carbocycles. The van der Waals surface area contributed by atoms with E-state index in [0.717, 1.165) is 44.8 Å². The van der Waals surface area contributed by atoms with Crippen LogP contribution in [0.2, 0.25) is 0 Å². The number of aryl methyl sites for hydroxylation is 2. The summed E-state index contributed by atoms with van der Waals surface area (Å²) in [6.07, 6.45) is 4.45. The Balaban J connectivity index is 1.52. The molecule has 0 spiro atoms. The van der Waals surface area contributed by atoms with Crippen molar-refractivity contribution in [3.05, 3.63) is 26.7 Å². The highest BCUT2D eigenvalue weighted by molar-refractivity contribution is 5.71. The largest absolute Gasteiger partial charge is 0.330 e. The van der Waals surface area contributed by atoms with Gasteiger partial charge in [0.25, 0.3) is 5.56 Å². The van der Waals surface area contributed by atoms with E-state index < -0.39 is 0 Å². The molecule has 1 N–H and O–H groups in total. The number of H-pyrrole nitrogens is 1. The zero-order valence-corrected chi connectivity index (χ0v) is 19.3. The fourth-order valence-electron chi connectivity index (χ4n) is 5.13. The van der Waals surface area contributed by atoms with Gasteiger partial charge in [-0.2, -0.15) is 0 Å². The van der Waals surface area contributed by atoms with Crippen LogP contribution in [-0.2, 0) is 19.6 Å². The summed E-state index contributed by atoms with van der Waals surface area (Å²) in [6.45, 7) is 12.6. The molecule has 2 aromatic heterocycles. The lowest BCUT2D eigenvalue weighted by Gasteiger charge is -2.42. The monoisotopic (exact) mass is 431 g/mol.